The van der Waals surface area contributed by atoms with E-state index in [1.807, 2.05) is 12.1 Å². The number of hydrogen-bond acceptors (Lipinski definition) is 10. The standard InChI is InChI=1S/C24H20F3N7O3S/c25-24(26,27)37-18-4-1-3-15(12-18)16-6-9-28-17(11-16)13-21(35)30-22-32-33-23(38-22)36-19-7-10-34(14-19)20-5-2-8-29-31-20/h1-6,8-9,11-12,19H,7,10,13-14H2,(H,30,32,35)/t19-/m1/s1. The minimum atomic E-state index is -4.79. The fourth-order valence-corrected chi connectivity index (χ4v) is 4.58. The summed E-state index contributed by atoms with van der Waals surface area (Å²) in [6.07, 6.45) is -1.07. The van der Waals surface area contributed by atoms with Crippen LogP contribution in [0.25, 0.3) is 11.1 Å². The first-order valence-electron chi connectivity index (χ1n) is 11.4. The van der Waals surface area contributed by atoms with Crippen molar-refractivity contribution in [3.8, 4) is 22.1 Å². The van der Waals surface area contributed by atoms with Crippen LogP contribution in [0.3, 0.4) is 0 Å². The molecular weight excluding hydrogens is 523 g/mol. The molecule has 1 atom stereocenters. The maximum atomic E-state index is 12.6. The lowest BCUT2D eigenvalue weighted by atomic mass is 10.1. The molecule has 10 nitrogen and oxygen atoms in total. The van der Waals surface area contributed by atoms with Crippen molar-refractivity contribution in [3.05, 3.63) is 66.6 Å². The van der Waals surface area contributed by atoms with E-state index in [9.17, 15) is 18.0 Å². The van der Waals surface area contributed by atoms with Gasteiger partial charge in [0.1, 0.15) is 11.9 Å². The molecule has 1 N–H and O–H groups in total. The number of rotatable bonds is 8. The largest absolute Gasteiger partial charge is 0.573 e. The van der Waals surface area contributed by atoms with Gasteiger partial charge in [-0.25, -0.2) is 0 Å². The van der Waals surface area contributed by atoms with Crippen LogP contribution in [0.2, 0.25) is 0 Å². The minimum absolute atomic E-state index is 0.0714. The third kappa shape index (κ3) is 6.70. The maximum Gasteiger partial charge on any atom is 0.573 e. The van der Waals surface area contributed by atoms with Crippen LogP contribution < -0.4 is 19.7 Å². The fourth-order valence-electron chi connectivity index (χ4n) is 3.90. The van der Waals surface area contributed by atoms with Gasteiger partial charge in [-0.05, 0) is 58.9 Å². The van der Waals surface area contributed by atoms with Crippen molar-refractivity contribution in [2.75, 3.05) is 23.3 Å². The highest BCUT2D eigenvalue weighted by Gasteiger charge is 2.31. The highest BCUT2D eigenvalue weighted by atomic mass is 32.1. The predicted octanol–water partition coefficient (Wildman–Crippen LogP) is 4.13. The number of anilines is 2. The smallest absolute Gasteiger partial charge is 0.464 e. The average Bonchev–Trinajstić information content (AvgIpc) is 3.53. The SMILES string of the molecule is O=C(Cc1cc(-c2cccc(OC(F)(F)F)c2)ccn1)Nc1nnc(O[C@@H]2CCN(c3cccnn3)C2)s1. The lowest BCUT2D eigenvalue weighted by Gasteiger charge is -2.16. The Hall–Kier alpha value is -4.33. The molecule has 1 amide bonds. The van der Waals surface area contributed by atoms with E-state index in [1.54, 1.807) is 24.4 Å². The number of carbonyl (C=O) groups is 1. The number of pyridine rings is 1. The fraction of sp³-hybridized carbons (Fsp3) is 0.250. The second-order valence-electron chi connectivity index (χ2n) is 8.27. The third-order valence-electron chi connectivity index (χ3n) is 5.51. The monoisotopic (exact) mass is 543 g/mol. The van der Waals surface area contributed by atoms with E-state index in [4.69, 9.17) is 4.74 Å². The molecule has 0 bridgehead atoms. The zero-order chi connectivity index (χ0) is 26.5. The van der Waals surface area contributed by atoms with Gasteiger partial charge in [0.05, 0.1) is 18.7 Å². The summed E-state index contributed by atoms with van der Waals surface area (Å²) in [6, 6.07) is 12.6. The minimum Gasteiger partial charge on any atom is -0.464 e. The number of nitrogens with one attached hydrogen (secondary N) is 1. The molecule has 5 rings (SSSR count). The Labute approximate surface area is 218 Å². The van der Waals surface area contributed by atoms with Gasteiger partial charge in [0, 0.05) is 25.4 Å². The number of benzene rings is 1. The Balaban J connectivity index is 1.16. The van der Waals surface area contributed by atoms with Gasteiger partial charge in [0.25, 0.3) is 5.19 Å². The zero-order valence-electron chi connectivity index (χ0n) is 19.6. The summed E-state index contributed by atoms with van der Waals surface area (Å²) < 4.78 is 47.5. The second-order valence-corrected chi connectivity index (χ2v) is 9.21. The Morgan fingerprint density at radius 3 is 2.76 bits per heavy atom. The van der Waals surface area contributed by atoms with E-state index >= 15 is 0 Å². The van der Waals surface area contributed by atoms with E-state index in [0.29, 0.717) is 28.6 Å². The van der Waals surface area contributed by atoms with Crippen molar-refractivity contribution >= 4 is 28.2 Å². The van der Waals surface area contributed by atoms with Crippen LogP contribution >= 0.6 is 11.3 Å². The topological polar surface area (TPSA) is 115 Å². The number of hydrogen-bond donors (Lipinski definition) is 1. The summed E-state index contributed by atoms with van der Waals surface area (Å²) in [5.74, 6) is 0.0736. The third-order valence-corrected chi connectivity index (χ3v) is 6.24. The summed E-state index contributed by atoms with van der Waals surface area (Å²) in [5.41, 5.74) is 1.51. The molecule has 1 aromatic carbocycles. The van der Waals surface area contributed by atoms with Crippen LogP contribution in [0.5, 0.6) is 10.9 Å². The molecule has 3 aromatic heterocycles. The quantitative estimate of drug-likeness (QED) is 0.350. The summed E-state index contributed by atoms with van der Waals surface area (Å²) >= 11 is 1.11. The first-order chi connectivity index (χ1) is 18.3. The number of aromatic nitrogens is 5. The summed E-state index contributed by atoms with van der Waals surface area (Å²) in [4.78, 5) is 18.8. The van der Waals surface area contributed by atoms with Gasteiger partial charge in [-0.15, -0.1) is 23.4 Å². The molecule has 1 aliphatic heterocycles. The highest BCUT2D eigenvalue weighted by Crippen LogP contribution is 2.29. The lowest BCUT2D eigenvalue weighted by molar-refractivity contribution is -0.274. The van der Waals surface area contributed by atoms with Crippen LogP contribution in [0.4, 0.5) is 24.1 Å². The highest BCUT2D eigenvalue weighted by molar-refractivity contribution is 7.17. The number of nitrogens with zero attached hydrogens (tertiary/aromatic N) is 6. The van der Waals surface area contributed by atoms with Crippen molar-refractivity contribution in [1.29, 1.82) is 0 Å². The van der Waals surface area contributed by atoms with Gasteiger partial charge in [-0.2, -0.15) is 5.10 Å². The molecule has 0 unspecified atom stereocenters. The number of halogens is 3. The number of carbonyl (C=O) groups excluding carboxylic acids is 1. The Morgan fingerprint density at radius 1 is 1.08 bits per heavy atom. The molecule has 4 heterocycles. The van der Waals surface area contributed by atoms with E-state index in [-0.39, 0.29) is 29.3 Å². The second kappa shape index (κ2) is 11.0. The van der Waals surface area contributed by atoms with Crippen LogP contribution in [-0.2, 0) is 11.2 Å². The number of ether oxygens (including phenoxy) is 2. The molecule has 0 saturated carbocycles. The van der Waals surface area contributed by atoms with E-state index in [0.717, 1.165) is 30.1 Å². The molecule has 196 valence electrons. The zero-order valence-corrected chi connectivity index (χ0v) is 20.4. The summed E-state index contributed by atoms with van der Waals surface area (Å²) in [5, 5.41) is 19.3. The Morgan fingerprint density at radius 2 is 1.95 bits per heavy atom. The van der Waals surface area contributed by atoms with Crippen molar-refractivity contribution in [2.24, 2.45) is 0 Å². The van der Waals surface area contributed by atoms with Crippen molar-refractivity contribution in [2.45, 2.75) is 25.3 Å². The van der Waals surface area contributed by atoms with Crippen molar-refractivity contribution in [3.63, 3.8) is 0 Å². The van der Waals surface area contributed by atoms with E-state index in [2.05, 4.69) is 40.3 Å². The van der Waals surface area contributed by atoms with E-state index in [1.165, 1.54) is 24.4 Å². The molecule has 1 saturated heterocycles. The molecule has 0 aliphatic carbocycles. The summed E-state index contributed by atoms with van der Waals surface area (Å²) in [6.45, 7) is 1.41. The van der Waals surface area contributed by atoms with Gasteiger partial charge in [0.15, 0.2) is 5.82 Å². The van der Waals surface area contributed by atoms with Crippen LogP contribution in [0.15, 0.2) is 60.9 Å². The molecule has 1 fully saturated rings. The average molecular weight is 544 g/mol. The molecule has 14 heteroatoms. The van der Waals surface area contributed by atoms with Gasteiger partial charge < -0.3 is 19.7 Å². The van der Waals surface area contributed by atoms with Gasteiger partial charge in [-0.1, -0.05) is 17.2 Å². The van der Waals surface area contributed by atoms with Gasteiger partial charge in [-0.3, -0.25) is 9.78 Å². The first-order valence-corrected chi connectivity index (χ1v) is 12.3. The lowest BCUT2D eigenvalue weighted by Crippen LogP contribution is -2.25. The van der Waals surface area contributed by atoms with Gasteiger partial charge in [0.2, 0.25) is 11.0 Å². The Bertz CT molecular complexity index is 1400. The van der Waals surface area contributed by atoms with Crippen molar-refractivity contribution < 1.29 is 27.4 Å². The van der Waals surface area contributed by atoms with Crippen LogP contribution in [0, 0.1) is 0 Å². The van der Waals surface area contributed by atoms with E-state index < -0.39 is 6.36 Å². The molecule has 1 aliphatic rings. The molecule has 0 spiro atoms. The number of amides is 1. The predicted molar refractivity (Wildman–Crippen MR) is 132 cm³/mol. The summed E-state index contributed by atoms with van der Waals surface area (Å²) in [7, 11) is 0. The number of alkyl halides is 3. The molecule has 38 heavy (non-hydrogen) atoms. The van der Waals surface area contributed by atoms with Crippen LogP contribution in [0.1, 0.15) is 12.1 Å². The van der Waals surface area contributed by atoms with Crippen molar-refractivity contribution in [1.82, 2.24) is 25.4 Å². The maximum absolute atomic E-state index is 12.6. The molecule has 0 radical (unpaired) electrons. The molecule has 4 aromatic rings. The first kappa shape index (κ1) is 25.3. The molecular formula is C24H20F3N7O3S. The van der Waals surface area contributed by atoms with Crippen LogP contribution in [-0.4, -0.2) is 56.8 Å². The Kier molecular flexibility index (Phi) is 7.31. The normalized spacial score (nSPS) is 15.3. The van der Waals surface area contributed by atoms with Gasteiger partial charge >= 0.3 is 6.36 Å².